The van der Waals surface area contributed by atoms with Crippen molar-refractivity contribution in [3.05, 3.63) is 63.6 Å². The Labute approximate surface area is 158 Å². The Morgan fingerprint density at radius 1 is 1.12 bits per heavy atom. The minimum Gasteiger partial charge on any atom is -0.465 e. The Morgan fingerprint density at radius 2 is 1.84 bits per heavy atom. The van der Waals surface area contributed by atoms with Gasteiger partial charge in [0.2, 0.25) is 0 Å². The van der Waals surface area contributed by atoms with Crippen molar-refractivity contribution in [1.29, 1.82) is 0 Å². The maximum Gasteiger partial charge on any atom is 0.339 e. The molecule has 0 saturated carbocycles. The van der Waals surface area contributed by atoms with Crippen LogP contribution in [-0.4, -0.2) is 35.9 Å². The normalized spacial score (nSPS) is 12.6. The second-order valence-corrected chi connectivity index (χ2v) is 7.09. The molecule has 2 aromatic carbocycles. The molecule has 0 aliphatic heterocycles. The van der Waals surface area contributed by atoms with Crippen LogP contribution in [-0.2, 0) is 20.4 Å². The summed E-state index contributed by atoms with van der Waals surface area (Å²) in [4.78, 5) is 17.1. The van der Waals surface area contributed by atoms with Crippen LogP contribution in [0.1, 0.15) is 15.9 Å². The Bertz CT molecular complexity index is 839. The van der Waals surface area contributed by atoms with Crippen molar-refractivity contribution in [1.82, 2.24) is 0 Å². The molecule has 0 radical (unpaired) electrons. The molecule has 5 nitrogen and oxygen atoms in total. The van der Waals surface area contributed by atoms with Gasteiger partial charge in [0, 0.05) is 10.6 Å². The van der Waals surface area contributed by atoms with E-state index in [0.29, 0.717) is 26.2 Å². The molecule has 0 aromatic heterocycles. The topological polar surface area (TPSA) is 65.0 Å². The molecule has 0 amide bonds. The van der Waals surface area contributed by atoms with Crippen LogP contribution in [0.2, 0.25) is 10.0 Å². The highest BCUT2D eigenvalue weighted by Gasteiger charge is 2.20. The summed E-state index contributed by atoms with van der Waals surface area (Å²) in [6, 6.07) is 11.4. The second-order valence-electron chi connectivity index (χ2n) is 4.82. The molecule has 25 heavy (non-hydrogen) atoms. The van der Waals surface area contributed by atoms with Gasteiger partial charge in [0.15, 0.2) is 0 Å². The van der Waals surface area contributed by atoms with Crippen molar-refractivity contribution in [2.75, 3.05) is 20.0 Å². The summed E-state index contributed by atoms with van der Waals surface area (Å²) in [5.41, 5.74) is 1.17. The van der Waals surface area contributed by atoms with Gasteiger partial charge in [-0.2, -0.15) is 0 Å². The van der Waals surface area contributed by atoms with Gasteiger partial charge in [0.25, 0.3) is 0 Å². The van der Waals surface area contributed by atoms with Crippen molar-refractivity contribution < 1.29 is 18.6 Å². The van der Waals surface area contributed by atoms with Gasteiger partial charge in [-0.3, -0.25) is 4.21 Å². The van der Waals surface area contributed by atoms with Gasteiger partial charge in [-0.25, -0.2) is 4.79 Å². The number of halogens is 2. The second kappa shape index (κ2) is 8.99. The summed E-state index contributed by atoms with van der Waals surface area (Å²) in [6.07, 6.45) is 0. The molecule has 1 atom stereocenters. The highest BCUT2D eigenvalue weighted by Crippen LogP contribution is 2.23. The Kier molecular flexibility index (Phi) is 6.99. The van der Waals surface area contributed by atoms with Gasteiger partial charge < -0.3 is 9.57 Å². The lowest BCUT2D eigenvalue weighted by Gasteiger charge is -2.10. The SMILES string of the molecule is CO/N=C(\C[S@](=O)c1ccccc1C(=O)OC)c1ccc(Cl)cc1Cl. The van der Waals surface area contributed by atoms with Crippen molar-refractivity contribution in [3.63, 3.8) is 0 Å². The van der Waals surface area contributed by atoms with E-state index in [1.165, 1.54) is 14.2 Å². The van der Waals surface area contributed by atoms with Crippen LogP contribution in [0.3, 0.4) is 0 Å². The van der Waals surface area contributed by atoms with Gasteiger partial charge in [-0.15, -0.1) is 0 Å². The van der Waals surface area contributed by atoms with Crippen LogP contribution in [0, 0.1) is 0 Å². The minimum absolute atomic E-state index is 0.00317. The van der Waals surface area contributed by atoms with Crippen LogP contribution < -0.4 is 0 Å². The molecule has 0 unspecified atom stereocenters. The molecule has 2 aromatic rings. The molecule has 0 fully saturated rings. The van der Waals surface area contributed by atoms with Gasteiger partial charge in [-0.05, 0) is 24.3 Å². The zero-order chi connectivity index (χ0) is 18.4. The number of rotatable bonds is 6. The third kappa shape index (κ3) is 4.81. The largest absolute Gasteiger partial charge is 0.465 e. The first kappa shape index (κ1) is 19.4. The third-order valence-electron chi connectivity index (χ3n) is 3.25. The minimum atomic E-state index is -1.57. The van der Waals surface area contributed by atoms with Gasteiger partial charge in [-0.1, -0.05) is 46.6 Å². The fraction of sp³-hybridized carbons (Fsp3) is 0.176. The molecule has 0 saturated heterocycles. The number of carbonyl (C=O) groups is 1. The zero-order valence-corrected chi connectivity index (χ0v) is 15.8. The lowest BCUT2D eigenvalue weighted by Crippen LogP contribution is -2.16. The van der Waals surface area contributed by atoms with E-state index in [0.717, 1.165) is 0 Å². The maximum absolute atomic E-state index is 12.8. The summed E-state index contributed by atoms with van der Waals surface area (Å²) in [5, 5.41) is 4.76. The highest BCUT2D eigenvalue weighted by molar-refractivity contribution is 7.86. The van der Waals surface area contributed by atoms with Crippen LogP contribution in [0.15, 0.2) is 52.5 Å². The van der Waals surface area contributed by atoms with Gasteiger partial charge in [0.05, 0.1) is 39.1 Å². The van der Waals surface area contributed by atoms with E-state index >= 15 is 0 Å². The van der Waals surface area contributed by atoms with Crippen molar-refractivity contribution >= 4 is 45.7 Å². The molecule has 0 heterocycles. The van der Waals surface area contributed by atoms with E-state index in [-0.39, 0.29) is 11.3 Å². The molecule has 0 aliphatic rings. The summed E-state index contributed by atoms with van der Waals surface area (Å²) in [5.74, 6) is -0.554. The fourth-order valence-corrected chi connectivity index (χ4v) is 3.89. The van der Waals surface area contributed by atoms with Crippen LogP contribution in [0.5, 0.6) is 0 Å². The lowest BCUT2D eigenvalue weighted by atomic mass is 10.1. The standard InChI is InChI=1S/C17H15Cl2NO4S/c1-23-17(21)13-5-3-4-6-16(13)25(22)10-15(20-24-2)12-8-7-11(18)9-14(12)19/h3-9H,10H2,1-2H3/b20-15+/t25-/m0/s1. The molecular weight excluding hydrogens is 385 g/mol. The predicted molar refractivity (Wildman–Crippen MR) is 99.1 cm³/mol. The predicted octanol–water partition coefficient (Wildman–Crippen LogP) is 3.94. The average molecular weight is 400 g/mol. The van der Waals surface area contributed by atoms with Crippen LogP contribution >= 0.6 is 23.2 Å². The van der Waals surface area contributed by atoms with E-state index in [9.17, 15) is 9.00 Å². The van der Waals surface area contributed by atoms with E-state index in [4.69, 9.17) is 32.8 Å². The van der Waals surface area contributed by atoms with Gasteiger partial charge in [0.1, 0.15) is 12.8 Å². The highest BCUT2D eigenvalue weighted by atomic mass is 35.5. The Morgan fingerprint density at radius 3 is 2.48 bits per heavy atom. The van der Waals surface area contributed by atoms with Crippen LogP contribution in [0.25, 0.3) is 0 Å². The van der Waals surface area contributed by atoms with E-state index in [1.807, 2.05) is 0 Å². The first-order valence-corrected chi connectivity index (χ1v) is 9.16. The number of carbonyl (C=O) groups excluding carboxylic acids is 1. The van der Waals surface area contributed by atoms with E-state index < -0.39 is 16.8 Å². The van der Waals surface area contributed by atoms with E-state index in [1.54, 1.807) is 42.5 Å². The molecule has 0 aliphatic carbocycles. The third-order valence-corrected chi connectivity index (χ3v) is 5.18. The molecule has 0 bridgehead atoms. The van der Waals surface area contributed by atoms with Gasteiger partial charge >= 0.3 is 5.97 Å². The molecule has 2 rings (SSSR count). The number of nitrogens with zero attached hydrogens (tertiary/aromatic N) is 1. The summed E-state index contributed by atoms with van der Waals surface area (Å²) < 4.78 is 17.6. The summed E-state index contributed by atoms with van der Waals surface area (Å²) in [6.45, 7) is 0. The van der Waals surface area contributed by atoms with Crippen molar-refractivity contribution in [2.45, 2.75) is 4.90 Å². The fourth-order valence-electron chi connectivity index (χ4n) is 2.13. The number of hydrogen-bond acceptors (Lipinski definition) is 5. The first-order chi connectivity index (χ1) is 12.0. The van der Waals surface area contributed by atoms with Crippen LogP contribution in [0.4, 0.5) is 0 Å². The van der Waals surface area contributed by atoms with Crippen molar-refractivity contribution in [3.8, 4) is 0 Å². The van der Waals surface area contributed by atoms with Crippen molar-refractivity contribution in [2.24, 2.45) is 5.16 Å². The number of esters is 1. The molecular formula is C17H15Cl2NO4S. The molecule has 0 spiro atoms. The monoisotopic (exact) mass is 399 g/mol. The smallest absolute Gasteiger partial charge is 0.339 e. The zero-order valence-electron chi connectivity index (χ0n) is 13.5. The molecule has 8 heteroatoms. The quantitative estimate of drug-likeness (QED) is 0.419. The number of oxime groups is 1. The molecule has 132 valence electrons. The lowest BCUT2D eigenvalue weighted by molar-refractivity contribution is 0.0596. The average Bonchev–Trinajstić information content (AvgIpc) is 2.60. The summed E-state index contributed by atoms with van der Waals surface area (Å²) in [7, 11) is 1.09. The summed E-state index contributed by atoms with van der Waals surface area (Å²) >= 11 is 12.1. The number of methoxy groups -OCH3 is 1. The number of benzene rings is 2. The Hall–Kier alpha value is -1.89. The number of hydrogen-bond donors (Lipinski definition) is 0. The Balaban J connectivity index is 2.37. The molecule has 0 N–H and O–H groups in total. The first-order valence-electron chi connectivity index (χ1n) is 7.09. The van der Waals surface area contributed by atoms with E-state index in [2.05, 4.69) is 5.16 Å². The number of ether oxygens (including phenoxy) is 1. The maximum atomic E-state index is 12.8.